The van der Waals surface area contributed by atoms with Crippen molar-refractivity contribution >= 4 is 27.3 Å². The average molecular weight is 274 g/mol. The molecule has 0 aliphatic heterocycles. The first kappa shape index (κ1) is 11.0. The van der Waals surface area contributed by atoms with Crippen molar-refractivity contribution in [1.29, 1.82) is 0 Å². The highest BCUT2D eigenvalue weighted by Gasteiger charge is 2.31. The molecule has 0 fully saturated rings. The molecule has 6 heteroatoms. The van der Waals surface area contributed by atoms with E-state index in [0.29, 0.717) is 9.35 Å². The molecule has 0 saturated heterocycles. The van der Waals surface area contributed by atoms with E-state index in [9.17, 15) is 13.2 Å². The van der Waals surface area contributed by atoms with E-state index < -0.39 is 18.6 Å². The number of alkyl halides is 3. The molecule has 0 aliphatic rings. The van der Waals surface area contributed by atoms with Gasteiger partial charge in [0.15, 0.2) is 0 Å². The topological polar surface area (TPSA) is 26.0 Å². The highest BCUT2D eigenvalue weighted by atomic mass is 79.9. The Balaban J connectivity index is 2.69. The lowest BCUT2D eigenvalue weighted by Gasteiger charge is -2.12. The van der Waals surface area contributed by atoms with Gasteiger partial charge in [-0.05, 0) is 27.4 Å². The molecule has 0 aromatic carbocycles. The molecule has 0 bridgehead atoms. The highest BCUT2D eigenvalue weighted by Crippen LogP contribution is 2.34. The Morgan fingerprint density at radius 1 is 1.54 bits per heavy atom. The van der Waals surface area contributed by atoms with E-state index >= 15 is 0 Å². The fraction of sp³-hybridized carbons (Fsp3) is 0.429. The van der Waals surface area contributed by atoms with Gasteiger partial charge in [0.2, 0.25) is 0 Å². The molecule has 1 aromatic rings. The van der Waals surface area contributed by atoms with Crippen LogP contribution in [0.15, 0.2) is 15.9 Å². The first-order valence-electron chi connectivity index (χ1n) is 3.45. The minimum Gasteiger partial charge on any atom is -0.323 e. The van der Waals surface area contributed by atoms with Gasteiger partial charge in [-0.1, -0.05) is 0 Å². The van der Waals surface area contributed by atoms with Crippen molar-refractivity contribution in [2.24, 2.45) is 5.73 Å². The largest absolute Gasteiger partial charge is 0.390 e. The van der Waals surface area contributed by atoms with E-state index in [1.807, 2.05) is 0 Å². The van der Waals surface area contributed by atoms with E-state index in [-0.39, 0.29) is 0 Å². The molecule has 1 nitrogen and oxygen atoms in total. The van der Waals surface area contributed by atoms with E-state index in [4.69, 9.17) is 5.73 Å². The number of nitrogens with two attached hydrogens (primary N) is 1. The van der Waals surface area contributed by atoms with Crippen LogP contribution in [0.25, 0.3) is 0 Å². The Hall–Kier alpha value is -0.0700. The summed E-state index contributed by atoms with van der Waals surface area (Å²) in [5, 5.41) is 1.70. The summed E-state index contributed by atoms with van der Waals surface area (Å²) in [5.74, 6) is 0. The van der Waals surface area contributed by atoms with Crippen LogP contribution in [0.5, 0.6) is 0 Å². The molecule has 0 saturated carbocycles. The lowest BCUT2D eigenvalue weighted by molar-refractivity contribution is -0.138. The van der Waals surface area contributed by atoms with E-state index in [0.717, 1.165) is 0 Å². The molecule has 74 valence electrons. The molecule has 0 spiro atoms. The molecule has 1 atom stereocenters. The number of halogens is 4. The summed E-state index contributed by atoms with van der Waals surface area (Å²) in [7, 11) is 0. The summed E-state index contributed by atoms with van der Waals surface area (Å²) in [4.78, 5) is 0.539. The quantitative estimate of drug-likeness (QED) is 0.878. The van der Waals surface area contributed by atoms with Crippen molar-refractivity contribution in [1.82, 2.24) is 0 Å². The second-order valence-electron chi connectivity index (χ2n) is 2.56. The van der Waals surface area contributed by atoms with Crippen molar-refractivity contribution in [2.75, 3.05) is 0 Å². The van der Waals surface area contributed by atoms with Gasteiger partial charge in [0.1, 0.15) is 0 Å². The third kappa shape index (κ3) is 3.28. The Morgan fingerprint density at radius 2 is 2.15 bits per heavy atom. The van der Waals surface area contributed by atoms with Crippen LogP contribution in [0.4, 0.5) is 13.2 Å². The van der Waals surface area contributed by atoms with Gasteiger partial charge in [0.25, 0.3) is 0 Å². The second kappa shape index (κ2) is 3.98. The lowest BCUT2D eigenvalue weighted by Crippen LogP contribution is -2.19. The molecule has 1 heterocycles. The summed E-state index contributed by atoms with van der Waals surface area (Å²) in [6.45, 7) is 0. The molecule has 0 radical (unpaired) electrons. The van der Waals surface area contributed by atoms with Gasteiger partial charge in [-0.15, -0.1) is 11.3 Å². The van der Waals surface area contributed by atoms with Crippen LogP contribution in [0.1, 0.15) is 17.3 Å². The maximum absolute atomic E-state index is 11.9. The van der Waals surface area contributed by atoms with Crippen molar-refractivity contribution < 1.29 is 13.2 Å². The normalized spacial score (nSPS) is 14.5. The minimum atomic E-state index is -4.21. The Kier molecular flexibility index (Phi) is 3.37. The van der Waals surface area contributed by atoms with Gasteiger partial charge in [-0.2, -0.15) is 13.2 Å². The van der Waals surface area contributed by atoms with Gasteiger partial charge in [-0.25, -0.2) is 0 Å². The van der Waals surface area contributed by atoms with Gasteiger partial charge in [-0.3, -0.25) is 0 Å². The molecule has 0 unspecified atom stereocenters. The van der Waals surface area contributed by atoms with Gasteiger partial charge in [0.05, 0.1) is 6.42 Å². The van der Waals surface area contributed by atoms with Crippen molar-refractivity contribution in [3.05, 3.63) is 20.8 Å². The number of thiophene rings is 1. The van der Waals surface area contributed by atoms with Crippen LogP contribution in [0.3, 0.4) is 0 Å². The molecular weight excluding hydrogens is 267 g/mol. The van der Waals surface area contributed by atoms with E-state index in [1.54, 1.807) is 11.4 Å². The molecular formula is C7H7BrF3NS. The average Bonchev–Trinajstić information content (AvgIpc) is 2.30. The van der Waals surface area contributed by atoms with Gasteiger partial charge in [0, 0.05) is 15.4 Å². The van der Waals surface area contributed by atoms with Crippen LogP contribution in [-0.4, -0.2) is 6.18 Å². The predicted octanol–water partition coefficient (Wildman–Crippen LogP) is 3.46. The van der Waals surface area contributed by atoms with Gasteiger partial charge >= 0.3 is 6.18 Å². The third-order valence-corrected chi connectivity index (χ3v) is 3.44. The SMILES string of the molecule is N[C@@H](CC(F)(F)F)c1sccc1Br. The zero-order valence-corrected chi connectivity index (χ0v) is 8.84. The van der Waals surface area contributed by atoms with Crippen LogP contribution in [0, 0.1) is 0 Å². The first-order chi connectivity index (χ1) is 5.90. The lowest BCUT2D eigenvalue weighted by atomic mass is 10.2. The third-order valence-electron chi connectivity index (χ3n) is 1.43. The van der Waals surface area contributed by atoms with Crippen molar-refractivity contribution in [3.63, 3.8) is 0 Å². The Morgan fingerprint density at radius 3 is 2.54 bits per heavy atom. The monoisotopic (exact) mass is 273 g/mol. The van der Waals surface area contributed by atoms with Crippen LogP contribution in [-0.2, 0) is 0 Å². The Bertz CT molecular complexity index is 284. The zero-order chi connectivity index (χ0) is 10.1. The zero-order valence-electron chi connectivity index (χ0n) is 6.44. The number of rotatable bonds is 2. The van der Waals surface area contributed by atoms with Gasteiger partial charge < -0.3 is 5.73 Å². The summed E-state index contributed by atoms with van der Waals surface area (Å²) in [6, 6.07) is 0.727. The van der Waals surface area contributed by atoms with E-state index in [2.05, 4.69) is 15.9 Å². The molecule has 2 N–H and O–H groups in total. The fourth-order valence-corrected chi connectivity index (χ4v) is 2.58. The van der Waals surface area contributed by atoms with E-state index in [1.165, 1.54) is 11.3 Å². The summed E-state index contributed by atoms with van der Waals surface area (Å²) >= 11 is 4.36. The smallest absolute Gasteiger partial charge is 0.323 e. The maximum atomic E-state index is 11.9. The van der Waals surface area contributed by atoms with Crippen molar-refractivity contribution in [3.8, 4) is 0 Å². The second-order valence-corrected chi connectivity index (χ2v) is 4.36. The highest BCUT2D eigenvalue weighted by molar-refractivity contribution is 9.10. The molecule has 1 aromatic heterocycles. The first-order valence-corrected chi connectivity index (χ1v) is 5.12. The van der Waals surface area contributed by atoms with Crippen LogP contribution in [0.2, 0.25) is 0 Å². The van der Waals surface area contributed by atoms with Crippen LogP contribution >= 0.6 is 27.3 Å². The number of hydrogen-bond acceptors (Lipinski definition) is 2. The standard InChI is InChI=1S/C7H7BrF3NS/c8-4-1-2-13-6(4)5(12)3-7(9,10)11/h1-2,5H,3,12H2/t5-/m0/s1. The van der Waals surface area contributed by atoms with Crippen molar-refractivity contribution in [2.45, 2.75) is 18.6 Å². The minimum absolute atomic E-state index is 0.539. The predicted molar refractivity (Wildman–Crippen MR) is 49.6 cm³/mol. The number of hydrogen-bond donors (Lipinski definition) is 1. The Labute approximate surface area is 85.9 Å². The molecule has 0 aliphatic carbocycles. The maximum Gasteiger partial charge on any atom is 0.390 e. The molecule has 1 rings (SSSR count). The molecule has 0 amide bonds. The summed E-state index contributed by atoms with van der Waals surface area (Å²) in [5.41, 5.74) is 5.39. The summed E-state index contributed by atoms with van der Waals surface area (Å²) < 4.78 is 36.5. The summed E-state index contributed by atoms with van der Waals surface area (Å²) in [6.07, 6.45) is -5.19. The fourth-order valence-electron chi connectivity index (χ4n) is 0.912. The van der Waals surface area contributed by atoms with Crippen LogP contribution < -0.4 is 5.73 Å². The molecule has 13 heavy (non-hydrogen) atoms.